The molecule has 0 amide bonds. The summed E-state index contributed by atoms with van der Waals surface area (Å²) in [6.45, 7) is 6.47. The third-order valence-electron chi connectivity index (χ3n) is 1.91. The number of rotatable bonds is 3. The molecule has 1 aliphatic heterocycles. The van der Waals surface area contributed by atoms with Gasteiger partial charge in [-0.2, -0.15) is 0 Å². The molecule has 1 heterocycles. The van der Waals surface area contributed by atoms with Crippen LogP contribution in [0.1, 0.15) is 20.8 Å². The summed E-state index contributed by atoms with van der Waals surface area (Å²) in [6.07, 6.45) is 0. The van der Waals surface area contributed by atoms with Gasteiger partial charge in [-0.15, -0.1) is 0 Å². The number of hydrogen-bond acceptors (Lipinski definition) is 3. The smallest absolute Gasteiger partial charge is 0.303 e. The lowest BCUT2D eigenvalue weighted by molar-refractivity contribution is 0.281. The minimum Gasteiger partial charge on any atom is -0.420 e. The monoisotopic (exact) mass is 222 g/mol. The van der Waals surface area contributed by atoms with Crippen LogP contribution in [-0.2, 0) is 12.3 Å². The molecule has 0 aromatic heterocycles. The Morgan fingerprint density at radius 1 is 0.667 bits per heavy atom. The van der Waals surface area contributed by atoms with E-state index in [2.05, 4.69) is 20.8 Å². The summed E-state index contributed by atoms with van der Waals surface area (Å²) in [5.41, 5.74) is 0. The minimum atomic E-state index is -1.26. The summed E-state index contributed by atoms with van der Waals surface area (Å²) in [4.78, 5) is 0. The van der Waals surface area contributed by atoms with Gasteiger partial charge in [0.2, 0.25) is 0 Å². The van der Waals surface area contributed by atoms with Crippen molar-refractivity contribution in [3.8, 4) is 0 Å². The van der Waals surface area contributed by atoms with Crippen molar-refractivity contribution in [1.29, 1.82) is 0 Å². The van der Waals surface area contributed by atoms with Gasteiger partial charge in [-0.1, -0.05) is 20.8 Å². The van der Waals surface area contributed by atoms with Crippen molar-refractivity contribution in [2.24, 2.45) is 0 Å². The van der Waals surface area contributed by atoms with Crippen molar-refractivity contribution < 1.29 is 12.3 Å². The molecule has 12 heavy (non-hydrogen) atoms. The van der Waals surface area contributed by atoms with Crippen molar-refractivity contribution in [3.05, 3.63) is 0 Å². The summed E-state index contributed by atoms with van der Waals surface area (Å²) in [7, 11) is -3.77. The van der Waals surface area contributed by atoms with Crippen molar-refractivity contribution in [3.63, 3.8) is 0 Å². The Morgan fingerprint density at radius 3 is 1.08 bits per heavy atom. The van der Waals surface area contributed by atoms with Crippen LogP contribution in [0.4, 0.5) is 0 Å². The fourth-order valence-corrected chi connectivity index (χ4v) is 12.4. The molecule has 6 heteroatoms. The van der Waals surface area contributed by atoms with Gasteiger partial charge in [0.1, 0.15) is 0 Å². The fourth-order valence-electron chi connectivity index (χ4n) is 1.18. The van der Waals surface area contributed by atoms with Gasteiger partial charge in [-0.25, -0.2) is 0 Å². The van der Waals surface area contributed by atoms with Crippen molar-refractivity contribution in [2.45, 2.75) is 38.9 Å². The van der Waals surface area contributed by atoms with Crippen LogP contribution in [0, 0.1) is 0 Å². The van der Waals surface area contributed by atoms with Crippen LogP contribution in [0.25, 0.3) is 0 Å². The van der Waals surface area contributed by atoms with E-state index >= 15 is 0 Å². The minimum absolute atomic E-state index is 1.09. The summed E-state index contributed by atoms with van der Waals surface area (Å²) in [6, 6.07) is 3.28. The molecule has 0 saturated carbocycles. The van der Waals surface area contributed by atoms with Crippen LogP contribution in [0.15, 0.2) is 0 Å². The van der Waals surface area contributed by atoms with E-state index in [1.165, 1.54) is 0 Å². The molecule has 1 saturated heterocycles. The molecule has 0 atom stereocenters. The molecule has 0 aromatic rings. The van der Waals surface area contributed by atoms with E-state index in [1.54, 1.807) is 0 Å². The van der Waals surface area contributed by atoms with Gasteiger partial charge in [0.25, 0.3) is 0 Å². The SMILES string of the molecule is CC[SiH]1O[SiH](CC)O[SiH](CC)O1. The van der Waals surface area contributed by atoms with Crippen molar-refractivity contribution in [2.75, 3.05) is 0 Å². The fraction of sp³-hybridized carbons (Fsp3) is 1.00. The first-order valence-corrected chi connectivity index (χ1v) is 10.0. The maximum absolute atomic E-state index is 5.78. The lowest BCUT2D eigenvalue weighted by atomic mass is 11.0. The molecule has 1 rings (SSSR count). The van der Waals surface area contributed by atoms with Gasteiger partial charge >= 0.3 is 27.9 Å². The first-order chi connectivity index (χ1) is 5.80. The molecular formula is C6H18O3Si3. The molecule has 0 aliphatic carbocycles. The van der Waals surface area contributed by atoms with Crippen LogP contribution in [-0.4, -0.2) is 27.9 Å². The first-order valence-electron chi connectivity index (χ1n) is 4.76. The lowest BCUT2D eigenvalue weighted by Gasteiger charge is -2.33. The molecular weight excluding hydrogens is 204 g/mol. The molecule has 0 N–H and O–H groups in total. The van der Waals surface area contributed by atoms with E-state index in [0.717, 1.165) is 18.1 Å². The maximum Gasteiger partial charge on any atom is 0.303 e. The second-order valence-corrected chi connectivity index (χ2v) is 11.2. The highest BCUT2D eigenvalue weighted by molar-refractivity contribution is 6.73. The van der Waals surface area contributed by atoms with E-state index in [4.69, 9.17) is 12.3 Å². The molecule has 72 valence electrons. The Labute approximate surface area is 79.6 Å². The van der Waals surface area contributed by atoms with Crippen molar-refractivity contribution in [1.82, 2.24) is 0 Å². The Bertz CT molecular complexity index is 105. The highest BCUT2D eigenvalue weighted by Gasteiger charge is 2.31. The number of hydrogen-bond donors (Lipinski definition) is 0. The van der Waals surface area contributed by atoms with E-state index in [9.17, 15) is 0 Å². The van der Waals surface area contributed by atoms with Gasteiger partial charge in [0.15, 0.2) is 0 Å². The maximum atomic E-state index is 5.78. The average molecular weight is 222 g/mol. The topological polar surface area (TPSA) is 27.7 Å². The summed E-state index contributed by atoms with van der Waals surface area (Å²) >= 11 is 0. The second-order valence-electron chi connectivity index (χ2n) is 2.92. The van der Waals surface area contributed by atoms with Crippen LogP contribution < -0.4 is 0 Å². The van der Waals surface area contributed by atoms with E-state index in [-0.39, 0.29) is 0 Å². The Balaban J connectivity index is 2.41. The highest BCUT2D eigenvalue weighted by Crippen LogP contribution is 2.14. The van der Waals surface area contributed by atoms with E-state index in [0.29, 0.717) is 0 Å². The predicted molar refractivity (Wildman–Crippen MR) is 56.1 cm³/mol. The van der Waals surface area contributed by atoms with Crippen molar-refractivity contribution >= 4 is 27.9 Å². The highest BCUT2D eigenvalue weighted by atomic mass is 28.5. The molecule has 0 spiro atoms. The van der Waals surface area contributed by atoms with Crippen LogP contribution in [0.5, 0.6) is 0 Å². The molecule has 1 fully saturated rings. The molecule has 1 aliphatic rings. The Hall–Kier alpha value is 0.531. The summed E-state index contributed by atoms with van der Waals surface area (Å²) < 4.78 is 17.4. The summed E-state index contributed by atoms with van der Waals surface area (Å²) in [5, 5.41) is 0. The Kier molecular flexibility index (Phi) is 4.69. The molecule has 0 radical (unpaired) electrons. The van der Waals surface area contributed by atoms with Crippen LogP contribution in [0.2, 0.25) is 18.1 Å². The third kappa shape index (κ3) is 2.79. The largest absolute Gasteiger partial charge is 0.420 e. The summed E-state index contributed by atoms with van der Waals surface area (Å²) in [5.74, 6) is 0. The lowest BCUT2D eigenvalue weighted by Crippen LogP contribution is -2.47. The Morgan fingerprint density at radius 2 is 0.917 bits per heavy atom. The zero-order valence-electron chi connectivity index (χ0n) is 8.08. The zero-order chi connectivity index (χ0) is 8.97. The second kappa shape index (κ2) is 5.30. The van der Waals surface area contributed by atoms with Gasteiger partial charge < -0.3 is 12.3 Å². The molecule has 0 bridgehead atoms. The third-order valence-corrected chi connectivity index (χ3v) is 11.2. The zero-order valence-corrected chi connectivity index (χ0v) is 11.5. The van der Waals surface area contributed by atoms with Gasteiger partial charge in [-0.05, 0) is 18.1 Å². The van der Waals surface area contributed by atoms with Gasteiger partial charge in [0.05, 0.1) is 0 Å². The quantitative estimate of drug-likeness (QED) is 0.660. The van der Waals surface area contributed by atoms with Gasteiger partial charge in [-0.3, -0.25) is 0 Å². The van der Waals surface area contributed by atoms with Crippen LogP contribution in [0.3, 0.4) is 0 Å². The molecule has 0 unspecified atom stereocenters. The normalized spacial score (nSPS) is 36.8. The first kappa shape index (κ1) is 10.6. The van der Waals surface area contributed by atoms with Gasteiger partial charge in [0, 0.05) is 0 Å². The average Bonchev–Trinajstić information content (AvgIpc) is 2.16. The molecule has 3 nitrogen and oxygen atoms in total. The van der Waals surface area contributed by atoms with Crippen LogP contribution >= 0.6 is 0 Å². The van der Waals surface area contributed by atoms with E-state index in [1.807, 2.05) is 0 Å². The standard InChI is InChI=1S/C6H18O3Si3/c1-4-10-7-11(5-2)9-12(6-3)8-10/h10-12H,4-6H2,1-3H3. The predicted octanol–water partition coefficient (Wildman–Crippen LogP) is 0.771. The molecule has 0 aromatic carbocycles. The van der Waals surface area contributed by atoms with E-state index < -0.39 is 27.9 Å².